The van der Waals surface area contributed by atoms with Gasteiger partial charge in [-0.1, -0.05) is 25.5 Å². The minimum atomic E-state index is 0.385. The molecule has 0 saturated heterocycles. The van der Waals surface area contributed by atoms with E-state index in [1.807, 2.05) is 7.05 Å². The van der Waals surface area contributed by atoms with E-state index in [-0.39, 0.29) is 0 Å². The van der Waals surface area contributed by atoms with Gasteiger partial charge in [-0.3, -0.25) is 0 Å². The van der Waals surface area contributed by atoms with Gasteiger partial charge in [-0.05, 0) is 37.1 Å². The zero-order chi connectivity index (χ0) is 11.6. The lowest BCUT2D eigenvalue weighted by Crippen LogP contribution is -2.25. The minimum Gasteiger partial charge on any atom is -0.497 e. The summed E-state index contributed by atoms with van der Waals surface area (Å²) in [5.41, 5.74) is 1.84. The molecule has 88 valence electrons. The maximum Gasteiger partial charge on any atom is 0.118 e. The highest BCUT2D eigenvalue weighted by Crippen LogP contribution is 2.55. The number of hydrogen-bond donors (Lipinski definition) is 1. The number of likely N-dealkylation sites (N-methyl/N-ethyl adjacent to an activating group) is 1. The number of ether oxygens (including phenoxy) is 1. The van der Waals surface area contributed by atoms with E-state index >= 15 is 0 Å². The first-order valence-corrected chi connectivity index (χ1v) is 6.06. The van der Waals surface area contributed by atoms with E-state index in [4.69, 9.17) is 4.74 Å². The van der Waals surface area contributed by atoms with Crippen LogP contribution in [-0.2, 0) is 5.41 Å². The van der Waals surface area contributed by atoms with E-state index in [1.54, 1.807) is 7.11 Å². The van der Waals surface area contributed by atoms with Crippen molar-refractivity contribution >= 4 is 0 Å². The Labute approximate surface area is 98.0 Å². The molecule has 2 nitrogen and oxygen atoms in total. The van der Waals surface area contributed by atoms with E-state index in [9.17, 15) is 0 Å². The van der Waals surface area contributed by atoms with Crippen molar-refractivity contribution in [2.45, 2.75) is 25.2 Å². The van der Waals surface area contributed by atoms with E-state index in [0.717, 1.165) is 18.2 Å². The van der Waals surface area contributed by atoms with E-state index in [0.29, 0.717) is 5.41 Å². The van der Waals surface area contributed by atoms with Gasteiger partial charge in [0.15, 0.2) is 0 Å². The number of methoxy groups -OCH3 is 1. The van der Waals surface area contributed by atoms with E-state index in [2.05, 4.69) is 36.5 Å². The fourth-order valence-electron chi connectivity index (χ4n) is 2.83. The smallest absolute Gasteiger partial charge is 0.118 e. The van der Waals surface area contributed by atoms with Crippen LogP contribution >= 0.6 is 0 Å². The lowest BCUT2D eigenvalue weighted by atomic mass is 9.92. The fraction of sp³-hybridized carbons (Fsp3) is 0.571. The molecule has 1 aliphatic rings. The third kappa shape index (κ3) is 1.82. The van der Waals surface area contributed by atoms with Crippen LogP contribution in [0.3, 0.4) is 0 Å². The Hall–Kier alpha value is -1.02. The predicted octanol–water partition coefficient (Wildman–Crippen LogP) is 2.58. The van der Waals surface area contributed by atoms with Gasteiger partial charge in [-0.2, -0.15) is 0 Å². The van der Waals surface area contributed by atoms with Gasteiger partial charge in [-0.15, -0.1) is 0 Å². The molecule has 0 aliphatic heterocycles. The highest BCUT2D eigenvalue weighted by molar-refractivity contribution is 5.38. The molecule has 0 radical (unpaired) electrons. The Balaban J connectivity index is 2.20. The first kappa shape index (κ1) is 11.5. The Morgan fingerprint density at radius 2 is 2.06 bits per heavy atom. The van der Waals surface area contributed by atoms with Crippen molar-refractivity contribution < 1.29 is 4.74 Å². The van der Waals surface area contributed by atoms with Crippen molar-refractivity contribution in [3.63, 3.8) is 0 Å². The van der Waals surface area contributed by atoms with Crippen LogP contribution < -0.4 is 10.1 Å². The Morgan fingerprint density at radius 3 is 2.50 bits per heavy atom. The molecule has 0 spiro atoms. The van der Waals surface area contributed by atoms with Crippen LogP contribution in [0.1, 0.15) is 25.3 Å². The molecule has 1 aliphatic carbocycles. The first-order chi connectivity index (χ1) is 7.76. The van der Waals surface area contributed by atoms with Crippen LogP contribution in [-0.4, -0.2) is 20.7 Å². The van der Waals surface area contributed by atoms with Crippen molar-refractivity contribution in [2.24, 2.45) is 5.92 Å². The molecule has 0 aromatic heterocycles. The molecule has 1 aromatic carbocycles. The summed E-state index contributed by atoms with van der Waals surface area (Å²) in [6.07, 6.45) is 2.59. The summed E-state index contributed by atoms with van der Waals surface area (Å²) in [6.45, 7) is 3.36. The first-order valence-electron chi connectivity index (χ1n) is 6.06. The molecule has 0 amide bonds. The molecule has 1 N–H and O–H groups in total. The topological polar surface area (TPSA) is 21.3 Å². The van der Waals surface area contributed by atoms with Crippen LogP contribution in [0.25, 0.3) is 0 Å². The van der Waals surface area contributed by atoms with Crippen molar-refractivity contribution in [3.05, 3.63) is 29.8 Å². The van der Waals surface area contributed by atoms with Gasteiger partial charge in [0, 0.05) is 12.0 Å². The number of hydrogen-bond acceptors (Lipinski definition) is 2. The molecule has 1 aromatic rings. The monoisotopic (exact) mass is 219 g/mol. The van der Waals surface area contributed by atoms with Gasteiger partial charge >= 0.3 is 0 Å². The van der Waals surface area contributed by atoms with Crippen molar-refractivity contribution in [1.82, 2.24) is 5.32 Å². The summed E-state index contributed by atoms with van der Waals surface area (Å²) in [5, 5.41) is 3.33. The standard InChI is InChI=1S/C14H21NO/c1-4-11-9-14(11,10-15-2)12-5-7-13(16-3)8-6-12/h5-8,11,15H,4,9-10H2,1-3H3. The Bertz CT molecular complexity index is 346. The molecule has 16 heavy (non-hydrogen) atoms. The summed E-state index contributed by atoms with van der Waals surface area (Å²) >= 11 is 0. The zero-order valence-electron chi connectivity index (χ0n) is 10.4. The van der Waals surface area contributed by atoms with Crippen LogP contribution in [0.5, 0.6) is 5.75 Å². The summed E-state index contributed by atoms with van der Waals surface area (Å²) in [6, 6.07) is 8.56. The average molecular weight is 219 g/mol. The molecule has 2 atom stereocenters. The highest BCUT2D eigenvalue weighted by Gasteiger charge is 2.53. The summed E-state index contributed by atoms with van der Waals surface area (Å²) in [4.78, 5) is 0. The lowest BCUT2D eigenvalue weighted by Gasteiger charge is -2.17. The normalized spacial score (nSPS) is 27.8. The molecule has 0 heterocycles. The van der Waals surface area contributed by atoms with Crippen molar-refractivity contribution in [3.8, 4) is 5.75 Å². The number of benzene rings is 1. The van der Waals surface area contributed by atoms with E-state index in [1.165, 1.54) is 18.4 Å². The third-order valence-electron chi connectivity index (χ3n) is 3.88. The second-order valence-corrected chi connectivity index (χ2v) is 4.72. The molecule has 2 unspecified atom stereocenters. The second kappa shape index (κ2) is 4.46. The average Bonchev–Trinajstić information content (AvgIpc) is 3.05. The highest BCUT2D eigenvalue weighted by atomic mass is 16.5. The van der Waals surface area contributed by atoms with Gasteiger partial charge in [-0.25, -0.2) is 0 Å². The van der Waals surface area contributed by atoms with Gasteiger partial charge in [0.05, 0.1) is 7.11 Å². The molecule has 0 bridgehead atoms. The molecule has 1 saturated carbocycles. The van der Waals surface area contributed by atoms with Crippen LogP contribution in [0.15, 0.2) is 24.3 Å². The lowest BCUT2D eigenvalue weighted by molar-refractivity contribution is 0.414. The van der Waals surface area contributed by atoms with Crippen LogP contribution in [0.4, 0.5) is 0 Å². The minimum absolute atomic E-state index is 0.385. The molecule has 2 rings (SSSR count). The van der Waals surface area contributed by atoms with Crippen molar-refractivity contribution in [2.75, 3.05) is 20.7 Å². The fourth-order valence-corrected chi connectivity index (χ4v) is 2.83. The summed E-state index contributed by atoms with van der Waals surface area (Å²) in [5.74, 6) is 1.78. The number of nitrogens with one attached hydrogen (secondary N) is 1. The predicted molar refractivity (Wildman–Crippen MR) is 67.0 cm³/mol. The Kier molecular flexibility index (Phi) is 3.20. The SMILES string of the molecule is CCC1CC1(CNC)c1ccc(OC)cc1. The second-order valence-electron chi connectivity index (χ2n) is 4.72. The third-order valence-corrected chi connectivity index (χ3v) is 3.88. The molecular weight excluding hydrogens is 198 g/mol. The van der Waals surface area contributed by atoms with E-state index < -0.39 is 0 Å². The van der Waals surface area contributed by atoms with Crippen LogP contribution in [0.2, 0.25) is 0 Å². The van der Waals surface area contributed by atoms with Gasteiger partial charge in [0.25, 0.3) is 0 Å². The maximum atomic E-state index is 5.20. The zero-order valence-corrected chi connectivity index (χ0v) is 10.4. The summed E-state index contributed by atoms with van der Waals surface area (Å²) < 4.78 is 5.20. The molecule has 1 fully saturated rings. The van der Waals surface area contributed by atoms with Crippen LogP contribution in [0, 0.1) is 5.92 Å². The maximum absolute atomic E-state index is 5.20. The quantitative estimate of drug-likeness (QED) is 0.822. The largest absolute Gasteiger partial charge is 0.497 e. The number of rotatable bonds is 5. The van der Waals surface area contributed by atoms with Gasteiger partial charge in [0.2, 0.25) is 0 Å². The van der Waals surface area contributed by atoms with Gasteiger partial charge < -0.3 is 10.1 Å². The Morgan fingerprint density at radius 1 is 1.38 bits per heavy atom. The van der Waals surface area contributed by atoms with Gasteiger partial charge in [0.1, 0.15) is 5.75 Å². The molecule has 2 heteroatoms. The summed E-state index contributed by atoms with van der Waals surface area (Å²) in [7, 11) is 3.75. The van der Waals surface area contributed by atoms with Crippen molar-refractivity contribution in [1.29, 1.82) is 0 Å². The molecular formula is C14H21NO.